The Balaban J connectivity index is 1.82. The van der Waals surface area contributed by atoms with E-state index in [2.05, 4.69) is 19.7 Å². The molecular formula is C17H19N5O2S. The second kappa shape index (κ2) is 7.12. The van der Waals surface area contributed by atoms with Gasteiger partial charge in [-0.3, -0.25) is 9.97 Å². The third kappa shape index (κ3) is 3.92. The molecule has 0 aliphatic heterocycles. The minimum Gasteiger partial charge on any atom is -0.334 e. The van der Waals surface area contributed by atoms with Crippen molar-refractivity contribution in [2.45, 2.75) is 31.5 Å². The number of rotatable bonds is 6. The zero-order valence-electron chi connectivity index (χ0n) is 14.0. The summed E-state index contributed by atoms with van der Waals surface area (Å²) in [7, 11) is -3.70. The molecule has 3 heterocycles. The number of sulfonamides is 1. The van der Waals surface area contributed by atoms with E-state index in [1.165, 1.54) is 12.5 Å². The van der Waals surface area contributed by atoms with Gasteiger partial charge in [-0.2, -0.15) is 0 Å². The fraction of sp³-hybridized carbons (Fsp3) is 0.235. The van der Waals surface area contributed by atoms with Gasteiger partial charge in [0.2, 0.25) is 0 Å². The average molecular weight is 357 g/mol. The second-order valence-corrected chi connectivity index (χ2v) is 7.54. The van der Waals surface area contributed by atoms with E-state index in [9.17, 15) is 8.42 Å². The maximum absolute atomic E-state index is 12.5. The first-order valence-electron chi connectivity index (χ1n) is 7.85. The molecule has 0 aliphatic carbocycles. The van der Waals surface area contributed by atoms with Crippen LogP contribution >= 0.6 is 0 Å². The molecule has 130 valence electrons. The van der Waals surface area contributed by atoms with Crippen LogP contribution in [0.2, 0.25) is 0 Å². The van der Waals surface area contributed by atoms with Crippen molar-refractivity contribution < 1.29 is 8.42 Å². The van der Waals surface area contributed by atoms with Crippen molar-refractivity contribution in [2.24, 2.45) is 0 Å². The molecule has 7 nitrogen and oxygen atoms in total. The number of hydrogen-bond acceptors (Lipinski definition) is 5. The van der Waals surface area contributed by atoms with Crippen LogP contribution in [0.15, 0.2) is 60.4 Å². The number of pyridine rings is 2. The summed E-state index contributed by atoms with van der Waals surface area (Å²) in [6.07, 6.45) is 8.10. The Bertz CT molecular complexity index is 952. The number of imidazole rings is 1. The normalized spacial score (nSPS) is 11.8. The molecule has 25 heavy (non-hydrogen) atoms. The first-order chi connectivity index (χ1) is 12.0. The zero-order valence-corrected chi connectivity index (χ0v) is 14.8. The monoisotopic (exact) mass is 357 g/mol. The molecule has 0 amide bonds. The predicted molar refractivity (Wildman–Crippen MR) is 94.1 cm³/mol. The van der Waals surface area contributed by atoms with E-state index in [0.717, 1.165) is 11.1 Å². The predicted octanol–water partition coefficient (Wildman–Crippen LogP) is 2.40. The largest absolute Gasteiger partial charge is 0.334 e. The molecule has 3 aromatic heterocycles. The molecule has 0 spiro atoms. The second-order valence-electron chi connectivity index (χ2n) is 5.83. The molecular weight excluding hydrogens is 338 g/mol. The molecule has 0 fully saturated rings. The highest BCUT2D eigenvalue weighted by atomic mass is 32.2. The summed E-state index contributed by atoms with van der Waals surface area (Å²) in [4.78, 5) is 12.4. The molecule has 1 N–H and O–H groups in total. The van der Waals surface area contributed by atoms with Gasteiger partial charge in [0.15, 0.2) is 5.03 Å². The Hall–Kier alpha value is -2.58. The smallest absolute Gasteiger partial charge is 0.259 e. The van der Waals surface area contributed by atoms with Crippen LogP contribution in [0.1, 0.15) is 25.5 Å². The summed E-state index contributed by atoms with van der Waals surface area (Å²) in [5.41, 5.74) is 2.30. The van der Waals surface area contributed by atoms with Gasteiger partial charge in [-0.25, -0.2) is 18.1 Å². The van der Waals surface area contributed by atoms with Crippen LogP contribution in [0.3, 0.4) is 0 Å². The minimum atomic E-state index is -3.70. The van der Waals surface area contributed by atoms with E-state index < -0.39 is 10.0 Å². The molecule has 3 aromatic rings. The minimum absolute atomic E-state index is 0.00742. The van der Waals surface area contributed by atoms with Crippen LogP contribution in [0, 0.1) is 0 Å². The van der Waals surface area contributed by atoms with Crippen molar-refractivity contribution in [3.8, 4) is 11.3 Å². The Labute approximate surface area is 146 Å². The summed E-state index contributed by atoms with van der Waals surface area (Å²) in [6.45, 7) is 4.04. The van der Waals surface area contributed by atoms with E-state index in [1.807, 2.05) is 32.0 Å². The number of nitrogens with one attached hydrogen (secondary N) is 1. The highest BCUT2D eigenvalue weighted by Gasteiger charge is 2.18. The van der Waals surface area contributed by atoms with Crippen molar-refractivity contribution in [3.05, 3.63) is 60.9 Å². The molecule has 8 heteroatoms. The lowest BCUT2D eigenvalue weighted by atomic mass is 10.1. The Kier molecular flexibility index (Phi) is 4.91. The van der Waals surface area contributed by atoms with Gasteiger partial charge in [-0.15, -0.1) is 0 Å². The fourth-order valence-electron chi connectivity index (χ4n) is 2.33. The molecule has 0 radical (unpaired) electrons. The third-order valence-corrected chi connectivity index (χ3v) is 5.01. The number of hydrogen-bond donors (Lipinski definition) is 1. The van der Waals surface area contributed by atoms with E-state index >= 15 is 0 Å². The number of aromatic nitrogens is 4. The quantitative estimate of drug-likeness (QED) is 0.732. The highest BCUT2D eigenvalue weighted by molar-refractivity contribution is 7.89. The topological polar surface area (TPSA) is 89.8 Å². The average Bonchev–Trinajstić information content (AvgIpc) is 3.12. The van der Waals surface area contributed by atoms with Gasteiger partial charge in [0, 0.05) is 42.9 Å². The van der Waals surface area contributed by atoms with Crippen LogP contribution in [-0.4, -0.2) is 27.9 Å². The SMILES string of the molecule is CC(C)n1cnc(S(=O)(=O)NCc2cccnc2-c2cccnc2)c1. The zero-order chi connectivity index (χ0) is 17.9. The summed E-state index contributed by atoms with van der Waals surface area (Å²) in [6, 6.07) is 7.46. The summed E-state index contributed by atoms with van der Waals surface area (Å²) in [5, 5.41) is 0.00742. The van der Waals surface area contributed by atoms with Gasteiger partial charge in [-0.1, -0.05) is 6.07 Å². The lowest BCUT2D eigenvalue weighted by Crippen LogP contribution is -2.24. The van der Waals surface area contributed by atoms with Gasteiger partial charge in [0.25, 0.3) is 10.0 Å². The Morgan fingerprint density at radius 1 is 1.16 bits per heavy atom. The fourth-order valence-corrected chi connectivity index (χ4v) is 3.27. The standard InChI is InChI=1S/C17H19N5O2S/c1-13(2)22-11-16(20-12-22)25(23,24)21-10-15-6-4-8-19-17(15)14-5-3-7-18-9-14/h3-9,11-13,21H,10H2,1-2H3. The molecule has 0 saturated carbocycles. The third-order valence-electron chi connectivity index (χ3n) is 3.73. The Morgan fingerprint density at radius 2 is 1.96 bits per heavy atom. The van der Waals surface area contributed by atoms with E-state index in [0.29, 0.717) is 5.69 Å². The van der Waals surface area contributed by atoms with Crippen LogP contribution in [-0.2, 0) is 16.6 Å². The molecule has 3 rings (SSSR count). The molecule has 0 bridgehead atoms. The molecule has 0 saturated heterocycles. The van der Waals surface area contributed by atoms with Crippen molar-refractivity contribution >= 4 is 10.0 Å². The summed E-state index contributed by atoms with van der Waals surface area (Å²) >= 11 is 0. The molecule has 0 atom stereocenters. The first-order valence-corrected chi connectivity index (χ1v) is 9.33. The van der Waals surface area contributed by atoms with Crippen molar-refractivity contribution in [3.63, 3.8) is 0 Å². The lowest BCUT2D eigenvalue weighted by molar-refractivity contribution is 0.576. The van der Waals surface area contributed by atoms with Gasteiger partial charge < -0.3 is 4.57 Å². The highest BCUT2D eigenvalue weighted by Crippen LogP contribution is 2.20. The summed E-state index contributed by atoms with van der Waals surface area (Å²) < 4.78 is 29.3. The van der Waals surface area contributed by atoms with Gasteiger partial charge in [0.1, 0.15) is 0 Å². The Morgan fingerprint density at radius 3 is 2.64 bits per heavy atom. The van der Waals surface area contributed by atoms with E-state index in [4.69, 9.17) is 0 Å². The van der Waals surface area contributed by atoms with Crippen molar-refractivity contribution in [1.29, 1.82) is 0 Å². The van der Waals surface area contributed by atoms with Gasteiger partial charge in [-0.05, 0) is 37.6 Å². The van der Waals surface area contributed by atoms with Gasteiger partial charge >= 0.3 is 0 Å². The maximum atomic E-state index is 12.5. The van der Waals surface area contributed by atoms with E-state index in [-0.39, 0.29) is 17.6 Å². The molecule has 0 aromatic carbocycles. The van der Waals surface area contributed by atoms with E-state index in [1.54, 1.807) is 29.2 Å². The summed E-state index contributed by atoms with van der Waals surface area (Å²) in [5.74, 6) is 0. The van der Waals surface area contributed by atoms with Crippen LogP contribution in [0.5, 0.6) is 0 Å². The van der Waals surface area contributed by atoms with Crippen molar-refractivity contribution in [1.82, 2.24) is 24.2 Å². The number of nitrogens with zero attached hydrogens (tertiary/aromatic N) is 4. The lowest BCUT2D eigenvalue weighted by Gasteiger charge is -2.09. The first kappa shape index (κ1) is 17.2. The van der Waals surface area contributed by atoms with Crippen LogP contribution in [0.4, 0.5) is 0 Å². The van der Waals surface area contributed by atoms with Crippen LogP contribution < -0.4 is 4.72 Å². The molecule has 0 unspecified atom stereocenters. The van der Waals surface area contributed by atoms with Gasteiger partial charge in [0.05, 0.1) is 12.0 Å². The van der Waals surface area contributed by atoms with Crippen molar-refractivity contribution in [2.75, 3.05) is 0 Å². The molecule has 0 aliphatic rings. The maximum Gasteiger partial charge on any atom is 0.259 e. The van der Waals surface area contributed by atoms with Crippen LogP contribution in [0.25, 0.3) is 11.3 Å².